The first-order chi connectivity index (χ1) is 9.24. The van der Waals surface area contributed by atoms with E-state index in [1.165, 1.54) is 12.8 Å². The zero-order chi connectivity index (χ0) is 12.9. The summed E-state index contributed by atoms with van der Waals surface area (Å²) in [6, 6.07) is 6.22. The fourth-order valence-electron chi connectivity index (χ4n) is 3.01. The Morgan fingerprint density at radius 3 is 2.95 bits per heavy atom. The maximum Gasteiger partial charge on any atom is 0.298 e. The quantitative estimate of drug-likeness (QED) is 0.795. The second-order valence-electron chi connectivity index (χ2n) is 5.57. The van der Waals surface area contributed by atoms with Crippen LogP contribution < -0.4 is 10.6 Å². The summed E-state index contributed by atoms with van der Waals surface area (Å²) < 4.78 is 11.7. The maximum atomic E-state index is 5.92. The van der Waals surface area contributed by atoms with E-state index in [4.69, 9.17) is 14.9 Å². The van der Waals surface area contributed by atoms with E-state index in [0.717, 1.165) is 37.2 Å². The van der Waals surface area contributed by atoms with Crippen molar-refractivity contribution >= 4 is 22.8 Å². The average molecular weight is 259 g/mol. The average Bonchev–Trinajstić information content (AvgIpc) is 2.79. The smallest absolute Gasteiger partial charge is 0.298 e. The molecule has 0 saturated carbocycles. The Labute approximate surface area is 111 Å². The summed E-state index contributed by atoms with van der Waals surface area (Å²) in [5, 5.41) is 0. The second-order valence-corrected chi connectivity index (χ2v) is 5.57. The lowest BCUT2D eigenvalue weighted by Gasteiger charge is -2.50. The summed E-state index contributed by atoms with van der Waals surface area (Å²) in [4.78, 5) is 6.64. The normalized spacial score (nSPS) is 21.8. The van der Waals surface area contributed by atoms with Crippen LogP contribution in [0.1, 0.15) is 19.3 Å². The van der Waals surface area contributed by atoms with E-state index >= 15 is 0 Å². The number of aromatic nitrogens is 1. The summed E-state index contributed by atoms with van der Waals surface area (Å²) in [6.45, 7) is 2.66. The van der Waals surface area contributed by atoms with Crippen LogP contribution in [0, 0.1) is 0 Å². The van der Waals surface area contributed by atoms with Crippen molar-refractivity contribution in [2.24, 2.45) is 0 Å². The highest BCUT2D eigenvalue weighted by molar-refractivity contribution is 5.78. The molecule has 0 radical (unpaired) electrons. The van der Waals surface area contributed by atoms with Crippen LogP contribution in [0.3, 0.4) is 0 Å². The number of fused-ring (bicyclic) bond motifs is 1. The Balaban J connectivity index is 1.56. The van der Waals surface area contributed by atoms with Crippen molar-refractivity contribution in [2.45, 2.75) is 24.9 Å². The van der Waals surface area contributed by atoms with Gasteiger partial charge in [-0.3, -0.25) is 0 Å². The van der Waals surface area contributed by atoms with Crippen molar-refractivity contribution < 1.29 is 9.15 Å². The molecule has 2 N–H and O–H groups in total. The molecule has 5 heteroatoms. The first-order valence-corrected chi connectivity index (χ1v) is 6.79. The number of anilines is 2. The van der Waals surface area contributed by atoms with E-state index in [0.29, 0.717) is 11.7 Å². The number of nitrogen functional groups attached to an aromatic ring is 1. The molecule has 2 fully saturated rings. The molecule has 1 aromatic carbocycles. The number of nitrogens with two attached hydrogens (primary N) is 1. The number of hydrogen-bond acceptors (Lipinski definition) is 5. The molecule has 2 aliphatic rings. The molecule has 5 nitrogen and oxygen atoms in total. The molecule has 2 aliphatic heterocycles. The van der Waals surface area contributed by atoms with Gasteiger partial charge in [0, 0.05) is 12.3 Å². The fraction of sp³-hybridized carbons (Fsp3) is 0.500. The second kappa shape index (κ2) is 3.87. The zero-order valence-electron chi connectivity index (χ0n) is 10.8. The van der Waals surface area contributed by atoms with Crippen LogP contribution in [-0.2, 0) is 4.74 Å². The lowest BCUT2D eigenvalue weighted by Crippen LogP contribution is -2.64. The van der Waals surface area contributed by atoms with E-state index in [2.05, 4.69) is 9.88 Å². The maximum absolute atomic E-state index is 5.92. The minimum Gasteiger partial charge on any atom is -0.423 e. The summed E-state index contributed by atoms with van der Waals surface area (Å²) in [7, 11) is 0. The fourth-order valence-corrected chi connectivity index (χ4v) is 3.01. The van der Waals surface area contributed by atoms with E-state index in [9.17, 15) is 0 Å². The molecule has 1 spiro atoms. The van der Waals surface area contributed by atoms with Crippen molar-refractivity contribution in [1.29, 1.82) is 0 Å². The van der Waals surface area contributed by atoms with E-state index in [1.807, 2.05) is 18.2 Å². The minimum atomic E-state index is 0.0535. The third-order valence-corrected chi connectivity index (χ3v) is 4.06. The van der Waals surface area contributed by atoms with Crippen molar-refractivity contribution in [3.05, 3.63) is 18.2 Å². The van der Waals surface area contributed by atoms with Crippen LogP contribution in [0.4, 0.5) is 11.7 Å². The van der Waals surface area contributed by atoms with Crippen molar-refractivity contribution in [2.75, 3.05) is 30.3 Å². The first kappa shape index (κ1) is 11.1. The van der Waals surface area contributed by atoms with Gasteiger partial charge in [0.15, 0.2) is 5.58 Å². The molecular weight excluding hydrogens is 242 g/mol. The highest BCUT2D eigenvalue weighted by Gasteiger charge is 2.46. The highest BCUT2D eigenvalue weighted by atomic mass is 16.5. The summed E-state index contributed by atoms with van der Waals surface area (Å²) in [5.41, 5.74) is 8.12. The van der Waals surface area contributed by atoms with E-state index in [-0.39, 0.29) is 5.60 Å². The highest BCUT2D eigenvalue weighted by Crippen LogP contribution is 2.37. The Bertz CT molecular complexity index is 608. The van der Waals surface area contributed by atoms with Crippen LogP contribution >= 0.6 is 0 Å². The number of nitrogens with zero attached hydrogens (tertiary/aromatic N) is 2. The van der Waals surface area contributed by atoms with Gasteiger partial charge in [-0.15, -0.1) is 0 Å². The Kier molecular flexibility index (Phi) is 2.26. The van der Waals surface area contributed by atoms with Gasteiger partial charge in [-0.25, -0.2) is 0 Å². The molecule has 0 aliphatic carbocycles. The Morgan fingerprint density at radius 2 is 2.16 bits per heavy atom. The predicted molar refractivity (Wildman–Crippen MR) is 73.2 cm³/mol. The molecule has 0 atom stereocenters. The summed E-state index contributed by atoms with van der Waals surface area (Å²) in [6.07, 6.45) is 3.60. The molecule has 0 bridgehead atoms. The molecule has 3 heterocycles. The van der Waals surface area contributed by atoms with Crippen LogP contribution in [-0.4, -0.2) is 30.3 Å². The van der Waals surface area contributed by atoms with Gasteiger partial charge in [-0.05, 0) is 37.5 Å². The molecular formula is C14H17N3O2. The molecule has 0 unspecified atom stereocenters. The van der Waals surface area contributed by atoms with Crippen molar-refractivity contribution in [3.63, 3.8) is 0 Å². The summed E-state index contributed by atoms with van der Waals surface area (Å²) >= 11 is 0. The van der Waals surface area contributed by atoms with Gasteiger partial charge in [0.05, 0.1) is 13.1 Å². The lowest BCUT2D eigenvalue weighted by atomic mass is 9.86. The van der Waals surface area contributed by atoms with Crippen LogP contribution in [0.2, 0.25) is 0 Å². The monoisotopic (exact) mass is 259 g/mol. The predicted octanol–water partition coefficient (Wildman–Crippen LogP) is 2.17. The number of benzene rings is 1. The number of hydrogen-bond donors (Lipinski definition) is 1. The molecule has 19 heavy (non-hydrogen) atoms. The summed E-state index contributed by atoms with van der Waals surface area (Å²) in [5.74, 6) is 0. The third kappa shape index (κ3) is 1.76. The third-order valence-electron chi connectivity index (χ3n) is 4.06. The first-order valence-electron chi connectivity index (χ1n) is 6.79. The van der Waals surface area contributed by atoms with Crippen LogP contribution in [0.25, 0.3) is 11.1 Å². The topological polar surface area (TPSA) is 64.5 Å². The van der Waals surface area contributed by atoms with E-state index < -0.39 is 0 Å². The van der Waals surface area contributed by atoms with Crippen LogP contribution in [0.15, 0.2) is 22.6 Å². The number of ether oxygens (including phenoxy) is 1. The molecule has 2 saturated heterocycles. The van der Waals surface area contributed by atoms with Gasteiger partial charge in [-0.1, -0.05) is 0 Å². The van der Waals surface area contributed by atoms with E-state index in [1.54, 1.807) is 0 Å². The van der Waals surface area contributed by atoms with Gasteiger partial charge in [0.25, 0.3) is 6.01 Å². The lowest BCUT2D eigenvalue weighted by molar-refractivity contribution is -0.0962. The number of oxazole rings is 1. The van der Waals surface area contributed by atoms with Gasteiger partial charge in [0.2, 0.25) is 0 Å². The van der Waals surface area contributed by atoms with Crippen molar-refractivity contribution in [1.82, 2.24) is 4.98 Å². The minimum absolute atomic E-state index is 0.0535. The van der Waals surface area contributed by atoms with Gasteiger partial charge in [-0.2, -0.15) is 4.98 Å². The molecule has 2 aromatic rings. The molecule has 0 amide bonds. The largest absolute Gasteiger partial charge is 0.423 e. The molecule has 4 rings (SSSR count). The van der Waals surface area contributed by atoms with Crippen LogP contribution in [0.5, 0.6) is 0 Å². The molecule has 100 valence electrons. The van der Waals surface area contributed by atoms with Gasteiger partial charge >= 0.3 is 0 Å². The molecule has 1 aromatic heterocycles. The van der Waals surface area contributed by atoms with Crippen molar-refractivity contribution in [3.8, 4) is 0 Å². The Morgan fingerprint density at radius 1 is 1.26 bits per heavy atom. The Hall–Kier alpha value is -1.75. The standard InChI is InChI=1S/C14H17N3O2/c15-10-3-4-12-11(7-10)16-13(19-12)17-8-14(9-17)5-1-2-6-18-14/h3-4,7H,1-2,5-6,8-9,15H2. The number of rotatable bonds is 1. The zero-order valence-corrected chi connectivity index (χ0v) is 10.8. The van der Waals surface area contributed by atoms with Gasteiger partial charge in [0.1, 0.15) is 11.1 Å². The van der Waals surface area contributed by atoms with Gasteiger partial charge < -0.3 is 19.8 Å². The SMILES string of the molecule is Nc1ccc2oc(N3CC4(CCCCO4)C3)nc2c1.